The van der Waals surface area contributed by atoms with Gasteiger partial charge in [0.1, 0.15) is 0 Å². The van der Waals surface area contributed by atoms with Crippen molar-refractivity contribution in [2.24, 2.45) is 11.3 Å². The SMILES string of the molecule is CNCCCNCC(C)(C)C1CCN(C)CC1. The molecule has 0 aromatic rings. The summed E-state index contributed by atoms with van der Waals surface area (Å²) in [6, 6.07) is 0. The van der Waals surface area contributed by atoms with Crippen molar-refractivity contribution in [2.75, 3.05) is 46.8 Å². The van der Waals surface area contributed by atoms with E-state index < -0.39 is 0 Å². The van der Waals surface area contributed by atoms with Crippen molar-refractivity contribution in [2.45, 2.75) is 33.1 Å². The summed E-state index contributed by atoms with van der Waals surface area (Å²) in [6.07, 6.45) is 3.95. The zero-order chi connectivity index (χ0) is 12.7. The van der Waals surface area contributed by atoms with Crippen molar-refractivity contribution in [3.8, 4) is 0 Å². The summed E-state index contributed by atoms with van der Waals surface area (Å²) in [4.78, 5) is 2.45. The molecule has 0 atom stereocenters. The molecule has 0 bridgehead atoms. The Balaban J connectivity index is 2.20. The zero-order valence-electron chi connectivity index (χ0n) is 12.2. The van der Waals surface area contributed by atoms with Crippen LogP contribution in [0.4, 0.5) is 0 Å². The highest BCUT2D eigenvalue weighted by atomic mass is 15.1. The van der Waals surface area contributed by atoms with Gasteiger partial charge < -0.3 is 15.5 Å². The maximum absolute atomic E-state index is 3.62. The molecule has 0 radical (unpaired) electrons. The van der Waals surface area contributed by atoms with E-state index in [1.807, 2.05) is 7.05 Å². The van der Waals surface area contributed by atoms with Gasteiger partial charge in [0.2, 0.25) is 0 Å². The fourth-order valence-corrected chi connectivity index (χ4v) is 2.74. The average molecular weight is 241 g/mol. The van der Waals surface area contributed by atoms with Crippen LogP contribution in [0.1, 0.15) is 33.1 Å². The van der Waals surface area contributed by atoms with Crippen LogP contribution in [0.15, 0.2) is 0 Å². The highest BCUT2D eigenvalue weighted by Gasteiger charge is 2.31. The van der Waals surface area contributed by atoms with Gasteiger partial charge in [0.15, 0.2) is 0 Å². The molecule has 0 aromatic heterocycles. The van der Waals surface area contributed by atoms with Crippen molar-refractivity contribution in [1.29, 1.82) is 0 Å². The molecule has 0 saturated carbocycles. The Morgan fingerprint density at radius 3 is 2.41 bits per heavy atom. The van der Waals surface area contributed by atoms with Gasteiger partial charge in [-0.05, 0) is 70.9 Å². The molecule has 17 heavy (non-hydrogen) atoms. The molecule has 0 aliphatic carbocycles. The molecule has 1 aliphatic heterocycles. The lowest BCUT2D eigenvalue weighted by atomic mass is 9.73. The van der Waals surface area contributed by atoms with Crippen molar-refractivity contribution in [1.82, 2.24) is 15.5 Å². The number of hydrogen-bond donors (Lipinski definition) is 2. The third-order valence-electron chi connectivity index (χ3n) is 4.18. The molecular weight excluding hydrogens is 210 g/mol. The summed E-state index contributed by atoms with van der Waals surface area (Å²) in [5.74, 6) is 0.885. The van der Waals surface area contributed by atoms with E-state index in [0.29, 0.717) is 5.41 Å². The van der Waals surface area contributed by atoms with E-state index in [1.54, 1.807) is 0 Å². The van der Waals surface area contributed by atoms with Crippen LogP contribution in [0, 0.1) is 11.3 Å². The Labute approximate surface area is 107 Å². The molecular formula is C14H31N3. The first-order valence-corrected chi connectivity index (χ1v) is 7.10. The van der Waals surface area contributed by atoms with Crippen LogP contribution in [0.3, 0.4) is 0 Å². The maximum atomic E-state index is 3.62. The molecule has 3 nitrogen and oxygen atoms in total. The van der Waals surface area contributed by atoms with Crippen LogP contribution in [0.5, 0.6) is 0 Å². The fraction of sp³-hybridized carbons (Fsp3) is 1.00. The van der Waals surface area contributed by atoms with Gasteiger partial charge in [0.05, 0.1) is 0 Å². The number of rotatable bonds is 7. The lowest BCUT2D eigenvalue weighted by molar-refractivity contribution is 0.113. The van der Waals surface area contributed by atoms with Crippen molar-refractivity contribution < 1.29 is 0 Å². The summed E-state index contributed by atoms with van der Waals surface area (Å²) >= 11 is 0. The highest BCUT2D eigenvalue weighted by Crippen LogP contribution is 2.34. The van der Waals surface area contributed by atoms with Crippen LogP contribution in [-0.2, 0) is 0 Å². The molecule has 1 aliphatic rings. The lowest BCUT2D eigenvalue weighted by Gasteiger charge is -2.40. The molecule has 3 heteroatoms. The maximum Gasteiger partial charge on any atom is 0.000519 e. The predicted octanol–water partition coefficient (Wildman–Crippen LogP) is 1.55. The van der Waals surface area contributed by atoms with E-state index in [-0.39, 0.29) is 0 Å². The van der Waals surface area contributed by atoms with E-state index in [4.69, 9.17) is 0 Å². The smallest absolute Gasteiger partial charge is 0.000519 e. The van der Waals surface area contributed by atoms with Crippen molar-refractivity contribution in [3.05, 3.63) is 0 Å². The van der Waals surface area contributed by atoms with Gasteiger partial charge >= 0.3 is 0 Å². The lowest BCUT2D eigenvalue weighted by Crippen LogP contribution is -2.42. The minimum atomic E-state index is 0.445. The Hall–Kier alpha value is -0.120. The van der Waals surface area contributed by atoms with Gasteiger partial charge in [-0.15, -0.1) is 0 Å². The van der Waals surface area contributed by atoms with Gasteiger partial charge in [-0.3, -0.25) is 0 Å². The molecule has 0 unspecified atom stereocenters. The minimum absolute atomic E-state index is 0.445. The van der Waals surface area contributed by atoms with Gasteiger partial charge in [0.25, 0.3) is 0 Å². The molecule has 0 amide bonds. The van der Waals surface area contributed by atoms with Crippen LogP contribution in [-0.4, -0.2) is 51.7 Å². The first-order valence-electron chi connectivity index (χ1n) is 7.10. The number of piperidine rings is 1. The first-order chi connectivity index (χ1) is 8.06. The van der Waals surface area contributed by atoms with E-state index in [9.17, 15) is 0 Å². The summed E-state index contributed by atoms with van der Waals surface area (Å²) in [7, 11) is 4.25. The second-order valence-electron chi connectivity index (χ2n) is 6.20. The second-order valence-corrected chi connectivity index (χ2v) is 6.20. The Morgan fingerprint density at radius 2 is 1.82 bits per heavy atom. The molecule has 1 rings (SSSR count). The van der Waals surface area contributed by atoms with Crippen LogP contribution in [0.2, 0.25) is 0 Å². The fourth-order valence-electron chi connectivity index (χ4n) is 2.74. The molecule has 0 aromatic carbocycles. The predicted molar refractivity (Wildman–Crippen MR) is 75.4 cm³/mol. The molecule has 1 heterocycles. The van der Waals surface area contributed by atoms with E-state index in [0.717, 1.165) is 25.6 Å². The third-order valence-corrected chi connectivity index (χ3v) is 4.18. The van der Waals surface area contributed by atoms with Crippen LogP contribution >= 0.6 is 0 Å². The molecule has 1 fully saturated rings. The number of nitrogens with one attached hydrogen (secondary N) is 2. The largest absolute Gasteiger partial charge is 0.320 e. The van der Waals surface area contributed by atoms with Crippen LogP contribution in [0.25, 0.3) is 0 Å². The quantitative estimate of drug-likeness (QED) is 0.662. The highest BCUT2D eigenvalue weighted by molar-refractivity contribution is 4.84. The summed E-state index contributed by atoms with van der Waals surface area (Å²) in [6.45, 7) is 10.8. The summed E-state index contributed by atoms with van der Waals surface area (Å²) in [5, 5.41) is 6.80. The van der Waals surface area contributed by atoms with Crippen molar-refractivity contribution >= 4 is 0 Å². The monoisotopic (exact) mass is 241 g/mol. The van der Waals surface area contributed by atoms with Gasteiger partial charge in [-0.2, -0.15) is 0 Å². The Bertz CT molecular complexity index is 196. The van der Waals surface area contributed by atoms with Gasteiger partial charge in [-0.1, -0.05) is 13.8 Å². The van der Waals surface area contributed by atoms with Gasteiger partial charge in [-0.25, -0.2) is 0 Å². The van der Waals surface area contributed by atoms with E-state index >= 15 is 0 Å². The number of likely N-dealkylation sites (tertiary alicyclic amines) is 1. The topological polar surface area (TPSA) is 27.3 Å². The second kappa shape index (κ2) is 7.34. The van der Waals surface area contributed by atoms with Crippen molar-refractivity contribution in [3.63, 3.8) is 0 Å². The zero-order valence-corrected chi connectivity index (χ0v) is 12.2. The van der Waals surface area contributed by atoms with E-state index in [2.05, 4.69) is 36.4 Å². The number of nitrogens with zero attached hydrogens (tertiary/aromatic N) is 1. The summed E-state index contributed by atoms with van der Waals surface area (Å²) in [5.41, 5.74) is 0.445. The minimum Gasteiger partial charge on any atom is -0.320 e. The molecule has 2 N–H and O–H groups in total. The summed E-state index contributed by atoms with van der Waals surface area (Å²) < 4.78 is 0. The standard InChI is InChI=1S/C14H31N3/c1-14(2,12-16-9-5-8-15-3)13-6-10-17(4)11-7-13/h13,15-16H,5-12H2,1-4H3. The average Bonchev–Trinajstić information content (AvgIpc) is 2.29. The van der Waals surface area contributed by atoms with Crippen LogP contribution < -0.4 is 10.6 Å². The normalized spacial score (nSPS) is 19.8. The number of hydrogen-bond acceptors (Lipinski definition) is 3. The Morgan fingerprint density at radius 1 is 1.18 bits per heavy atom. The van der Waals surface area contributed by atoms with E-state index in [1.165, 1.54) is 32.4 Å². The molecule has 0 spiro atoms. The first kappa shape index (κ1) is 14.9. The Kier molecular flexibility index (Phi) is 6.45. The molecule has 1 saturated heterocycles. The van der Waals surface area contributed by atoms with Gasteiger partial charge in [0, 0.05) is 6.54 Å². The molecule has 102 valence electrons. The third kappa shape index (κ3) is 5.36.